The van der Waals surface area contributed by atoms with E-state index >= 15 is 0 Å². The van der Waals surface area contributed by atoms with E-state index in [2.05, 4.69) is 0 Å². The van der Waals surface area contributed by atoms with Gasteiger partial charge in [0.05, 0.1) is 7.11 Å². The van der Waals surface area contributed by atoms with Crippen LogP contribution in [0.25, 0.3) is 0 Å². The molecule has 0 spiro atoms. The summed E-state index contributed by atoms with van der Waals surface area (Å²) in [5, 5.41) is 0. The maximum Gasteiger partial charge on any atom is 0.344 e. The zero-order valence-electron chi connectivity index (χ0n) is 13.5. The third-order valence-electron chi connectivity index (χ3n) is 3.47. The highest BCUT2D eigenvalue weighted by molar-refractivity contribution is 5.98. The molecule has 0 N–H and O–H groups in total. The van der Waals surface area contributed by atoms with Crippen LogP contribution in [0.4, 0.5) is 0 Å². The van der Waals surface area contributed by atoms with Gasteiger partial charge in [-0.25, -0.2) is 4.79 Å². The van der Waals surface area contributed by atoms with E-state index in [-0.39, 0.29) is 25.8 Å². The van der Waals surface area contributed by atoms with Crippen LogP contribution in [0.2, 0.25) is 0 Å². The Morgan fingerprint density at radius 2 is 1.76 bits per heavy atom. The Morgan fingerprint density at radius 3 is 2.56 bits per heavy atom. The van der Waals surface area contributed by atoms with Crippen molar-refractivity contribution in [1.29, 1.82) is 0 Å². The van der Waals surface area contributed by atoms with Gasteiger partial charge in [0.1, 0.15) is 0 Å². The van der Waals surface area contributed by atoms with Crippen molar-refractivity contribution in [3.63, 3.8) is 0 Å². The Morgan fingerprint density at radius 1 is 1.00 bits per heavy atom. The van der Waals surface area contributed by atoms with E-state index in [9.17, 15) is 9.59 Å². The van der Waals surface area contributed by atoms with Crippen molar-refractivity contribution < 1.29 is 33.3 Å². The van der Waals surface area contributed by atoms with Gasteiger partial charge in [-0.1, -0.05) is 12.1 Å². The molecule has 3 rings (SSSR count). The number of fused-ring (bicyclic) bond motifs is 1. The second-order valence-electron chi connectivity index (χ2n) is 5.09. The van der Waals surface area contributed by atoms with Gasteiger partial charge in [0.25, 0.3) is 0 Å². The quantitative estimate of drug-likeness (QED) is 0.563. The van der Waals surface area contributed by atoms with Crippen molar-refractivity contribution in [3.05, 3.63) is 48.0 Å². The average molecular weight is 344 g/mol. The van der Waals surface area contributed by atoms with Crippen molar-refractivity contribution in [2.75, 3.05) is 27.1 Å². The molecule has 2 aromatic carbocycles. The fraction of sp³-hybridized carbons (Fsp3) is 0.222. The first-order valence-corrected chi connectivity index (χ1v) is 7.51. The van der Waals surface area contributed by atoms with Gasteiger partial charge < -0.3 is 23.7 Å². The summed E-state index contributed by atoms with van der Waals surface area (Å²) < 4.78 is 25.8. The number of para-hydroxylation sites is 2. The highest BCUT2D eigenvalue weighted by Crippen LogP contribution is 2.32. The predicted molar refractivity (Wildman–Crippen MR) is 86.3 cm³/mol. The number of benzene rings is 2. The SMILES string of the molecule is COc1ccccc1OCC(=O)OCC(=O)c1ccc2c(c1)OCO2. The molecule has 2 aromatic rings. The third-order valence-corrected chi connectivity index (χ3v) is 3.47. The molecule has 1 aliphatic rings. The van der Waals surface area contributed by atoms with Gasteiger partial charge in [-0.15, -0.1) is 0 Å². The highest BCUT2D eigenvalue weighted by Gasteiger charge is 2.17. The number of ketones is 1. The summed E-state index contributed by atoms with van der Waals surface area (Å²) in [5.74, 6) is 1.01. The first-order valence-electron chi connectivity index (χ1n) is 7.51. The van der Waals surface area contributed by atoms with Gasteiger partial charge in [-0.2, -0.15) is 0 Å². The molecule has 0 aromatic heterocycles. The fourth-order valence-corrected chi connectivity index (χ4v) is 2.22. The number of hydrogen-bond donors (Lipinski definition) is 0. The number of ether oxygens (including phenoxy) is 5. The smallest absolute Gasteiger partial charge is 0.344 e. The van der Waals surface area contributed by atoms with Crippen LogP contribution in [0.3, 0.4) is 0 Å². The van der Waals surface area contributed by atoms with Crippen LogP contribution >= 0.6 is 0 Å². The van der Waals surface area contributed by atoms with Crippen LogP contribution in [0.5, 0.6) is 23.0 Å². The fourth-order valence-electron chi connectivity index (χ4n) is 2.22. The topological polar surface area (TPSA) is 80.3 Å². The van der Waals surface area contributed by atoms with E-state index in [0.717, 1.165) is 0 Å². The van der Waals surface area contributed by atoms with Crippen LogP contribution in [0.1, 0.15) is 10.4 Å². The molecule has 0 bridgehead atoms. The molecule has 0 amide bonds. The summed E-state index contributed by atoms with van der Waals surface area (Å²) in [6.45, 7) is -0.579. The summed E-state index contributed by atoms with van der Waals surface area (Å²) >= 11 is 0. The molecule has 0 unspecified atom stereocenters. The van der Waals surface area contributed by atoms with E-state index in [0.29, 0.717) is 28.6 Å². The lowest BCUT2D eigenvalue weighted by Gasteiger charge is -2.10. The maximum absolute atomic E-state index is 12.1. The van der Waals surface area contributed by atoms with Crippen LogP contribution in [-0.4, -0.2) is 38.9 Å². The van der Waals surface area contributed by atoms with Crippen molar-refractivity contribution >= 4 is 11.8 Å². The van der Waals surface area contributed by atoms with E-state index in [4.69, 9.17) is 23.7 Å². The molecule has 0 saturated heterocycles. The molecule has 0 atom stereocenters. The Bertz CT molecular complexity index is 785. The molecule has 0 radical (unpaired) electrons. The molecule has 0 saturated carbocycles. The number of esters is 1. The largest absolute Gasteiger partial charge is 0.493 e. The number of methoxy groups -OCH3 is 1. The molecule has 25 heavy (non-hydrogen) atoms. The second-order valence-corrected chi connectivity index (χ2v) is 5.09. The molecule has 7 nitrogen and oxygen atoms in total. The Balaban J connectivity index is 1.49. The predicted octanol–water partition coefficient (Wildman–Crippen LogP) is 2.23. The van der Waals surface area contributed by atoms with Crippen molar-refractivity contribution in [2.45, 2.75) is 0 Å². The van der Waals surface area contributed by atoms with E-state index in [1.807, 2.05) is 0 Å². The van der Waals surface area contributed by atoms with Crippen LogP contribution < -0.4 is 18.9 Å². The molecule has 0 fully saturated rings. The number of rotatable bonds is 7. The van der Waals surface area contributed by atoms with Gasteiger partial charge in [-0.3, -0.25) is 4.79 Å². The average Bonchev–Trinajstić information content (AvgIpc) is 3.12. The minimum Gasteiger partial charge on any atom is -0.493 e. The summed E-state index contributed by atoms with van der Waals surface area (Å²) in [4.78, 5) is 23.8. The molecule has 7 heteroatoms. The Hall–Kier alpha value is -3.22. The number of hydrogen-bond acceptors (Lipinski definition) is 7. The van der Waals surface area contributed by atoms with Crippen molar-refractivity contribution in [2.24, 2.45) is 0 Å². The first kappa shape index (κ1) is 16.6. The number of Topliss-reactive ketones (excluding diaryl/α,β-unsaturated/α-hetero) is 1. The minimum absolute atomic E-state index is 0.127. The zero-order valence-corrected chi connectivity index (χ0v) is 13.5. The molecular formula is C18H16O7. The Labute approximate surface area is 144 Å². The third kappa shape index (κ3) is 4.00. The van der Waals surface area contributed by atoms with E-state index in [1.165, 1.54) is 7.11 Å². The highest BCUT2D eigenvalue weighted by atomic mass is 16.7. The van der Waals surface area contributed by atoms with Crippen molar-refractivity contribution in [3.8, 4) is 23.0 Å². The van der Waals surface area contributed by atoms with Crippen LogP contribution in [0.15, 0.2) is 42.5 Å². The lowest BCUT2D eigenvalue weighted by atomic mass is 10.1. The van der Waals surface area contributed by atoms with Crippen LogP contribution in [-0.2, 0) is 9.53 Å². The molecular weight excluding hydrogens is 328 g/mol. The molecule has 130 valence electrons. The van der Waals surface area contributed by atoms with Gasteiger partial charge in [0.15, 0.2) is 42.0 Å². The van der Waals surface area contributed by atoms with E-state index in [1.54, 1.807) is 42.5 Å². The van der Waals surface area contributed by atoms with E-state index < -0.39 is 5.97 Å². The summed E-state index contributed by atoms with van der Waals surface area (Å²) in [6.07, 6.45) is 0. The monoisotopic (exact) mass is 344 g/mol. The summed E-state index contributed by atoms with van der Waals surface area (Å²) in [6, 6.07) is 11.7. The van der Waals surface area contributed by atoms with Crippen molar-refractivity contribution in [1.82, 2.24) is 0 Å². The first-order chi connectivity index (χ1) is 12.2. The lowest BCUT2D eigenvalue weighted by Crippen LogP contribution is -2.19. The normalized spacial score (nSPS) is 11.7. The summed E-state index contributed by atoms with van der Waals surface area (Å²) in [7, 11) is 1.50. The number of carbonyl (C=O) groups is 2. The molecule has 0 aliphatic carbocycles. The van der Waals surface area contributed by atoms with Gasteiger partial charge >= 0.3 is 5.97 Å². The van der Waals surface area contributed by atoms with Crippen LogP contribution in [0, 0.1) is 0 Å². The lowest BCUT2D eigenvalue weighted by molar-refractivity contribution is -0.144. The summed E-state index contributed by atoms with van der Waals surface area (Å²) in [5.41, 5.74) is 0.377. The van der Waals surface area contributed by atoms with Gasteiger partial charge in [0, 0.05) is 5.56 Å². The molecule has 1 aliphatic heterocycles. The number of carbonyl (C=O) groups excluding carboxylic acids is 2. The second kappa shape index (κ2) is 7.57. The maximum atomic E-state index is 12.1. The van der Waals surface area contributed by atoms with Gasteiger partial charge in [0.2, 0.25) is 6.79 Å². The zero-order chi connectivity index (χ0) is 17.6. The van der Waals surface area contributed by atoms with Gasteiger partial charge in [-0.05, 0) is 30.3 Å². The molecule has 1 heterocycles. The standard InChI is InChI=1S/C18H16O7/c1-21-14-4-2-3-5-15(14)22-10-18(20)23-9-13(19)12-6-7-16-17(8-12)25-11-24-16/h2-8H,9-11H2,1H3. The minimum atomic E-state index is -0.653. The Kier molecular flexibility index (Phi) is 5.03.